The Morgan fingerprint density at radius 1 is 1.24 bits per heavy atom. The molecule has 1 aliphatic rings. The molecule has 1 atom stereocenters. The topological polar surface area (TPSA) is 90.6 Å². The number of methoxy groups -OCH3 is 1. The van der Waals surface area contributed by atoms with Gasteiger partial charge in [-0.15, -0.1) is 0 Å². The largest absolute Gasteiger partial charge is 0.469 e. The second-order valence-electron chi connectivity index (χ2n) is 6.62. The van der Waals surface area contributed by atoms with Gasteiger partial charge in [-0.2, -0.15) is 0 Å². The SMILES string of the molecule is COC(=O)C(CN)C1CCC(NC(=O)OC(C)(C)C)CC1. The number of nitrogens with one attached hydrogen (secondary N) is 1. The van der Waals surface area contributed by atoms with E-state index >= 15 is 0 Å². The summed E-state index contributed by atoms with van der Waals surface area (Å²) in [7, 11) is 1.39. The maximum absolute atomic E-state index is 11.7. The Kier molecular flexibility index (Phi) is 6.45. The molecule has 0 radical (unpaired) electrons. The zero-order valence-corrected chi connectivity index (χ0v) is 13.5. The Balaban J connectivity index is 2.41. The number of carbonyl (C=O) groups excluding carboxylic acids is 2. The molecule has 0 spiro atoms. The molecule has 0 aliphatic heterocycles. The van der Waals surface area contributed by atoms with Crippen molar-refractivity contribution < 1.29 is 19.1 Å². The minimum atomic E-state index is -0.489. The van der Waals surface area contributed by atoms with Crippen LogP contribution in [0, 0.1) is 11.8 Å². The van der Waals surface area contributed by atoms with Gasteiger partial charge in [0.1, 0.15) is 5.60 Å². The average Bonchev–Trinajstić information content (AvgIpc) is 2.39. The van der Waals surface area contributed by atoms with E-state index in [1.165, 1.54) is 7.11 Å². The molecule has 0 heterocycles. The van der Waals surface area contributed by atoms with Crippen LogP contribution in [0.25, 0.3) is 0 Å². The number of rotatable bonds is 4. The van der Waals surface area contributed by atoms with Crippen LogP contribution in [0.15, 0.2) is 0 Å². The number of alkyl carbamates (subject to hydrolysis) is 1. The molecular formula is C15H28N2O4. The molecule has 0 aromatic rings. The number of hydrogen-bond acceptors (Lipinski definition) is 5. The Hall–Kier alpha value is -1.30. The summed E-state index contributed by atoms with van der Waals surface area (Å²) >= 11 is 0. The number of amides is 1. The van der Waals surface area contributed by atoms with Gasteiger partial charge in [0.25, 0.3) is 0 Å². The molecule has 0 aromatic heterocycles. The Bertz CT molecular complexity index is 357. The van der Waals surface area contributed by atoms with Gasteiger partial charge < -0.3 is 20.5 Å². The minimum absolute atomic E-state index is 0.104. The summed E-state index contributed by atoms with van der Waals surface area (Å²) in [4.78, 5) is 23.4. The van der Waals surface area contributed by atoms with Crippen molar-refractivity contribution in [1.82, 2.24) is 5.32 Å². The Labute approximate surface area is 126 Å². The lowest BCUT2D eigenvalue weighted by molar-refractivity contribution is -0.147. The molecule has 21 heavy (non-hydrogen) atoms. The monoisotopic (exact) mass is 300 g/mol. The van der Waals surface area contributed by atoms with E-state index in [1.807, 2.05) is 20.8 Å². The van der Waals surface area contributed by atoms with Gasteiger partial charge in [-0.3, -0.25) is 4.79 Å². The summed E-state index contributed by atoms with van der Waals surface area (Å²) in [5.74, 6) is -0.238. The van der Waals surface area contributed by atoms with Crippen molar-refractivity contribution in [3.63, 3.8) is 0 Å². The predicted octanol–water partition coefficient (Wildman–Crippen LogP) is 1.82. The van der Waals surface area contributed by atoms with Crippen LogP contribution in [0.5, 0.6) is 0 Å². The highest BCUT2D eigenvalue weighted by atomic mass is 16.6. The zero-order chi connectivity index (χ0) is 16.0. The van der Waals surface area contributed by atoms with Crippen molar-refractivity contribution in [3.8, 4) is 0 Å². The van der Waals surface area contributed by atoms with Crippen LogP contribution in [0.2, 0.25) is 0 Å². The molecule has 1 rings (SSSR count). The van der Waals surface area contributed by atoms with Gasteiger partial charge in [0.15, 0.2) is 0 Å². The van der Waals surface area contributed by atoms with Gasteiger partial charge in [0, 0.05) is 12.6 Å². The summed E-state index contributed by atoms with van der Waals surface area (Å²) in [6.07, 6.45) is 3.00. The molecule has 1 fully saturated rings. The highest BCUT2D eigenvalue weighted by Gasteiger charge is 2.32. The molecule has 6 nitrogen and oxygen atoms in total. The second-order valence-corrected chi connectivity index (χ2v) is 6.62. The average molecular weight is 300 g/mol. The highest BCUT2D eigenvalue weighted by molar-refractivity contribution is 5.73. The molecule has 1 aliphatic carbocycles. The number of carbonyl (C=O) groups is 2. The molecule has 0 aromatic carbocycles. The number of esters is 1. The van der Waals surface area contributed by atoms with Gasteiger partial charge in [-0.1, -0.05) is 0 Å². The van der Waals surface area contributed by atoms with Crippen LogP contribution in [0.1, 0.15) is 46.5 Å². The van der Waals surface area contributed by atoms with E-state index < -0.39 is 5.60 Å². The highest BCUT2D eigenvalue weighted by Crippen LogP contribution is 2.30. The maximum atomic E-state index is 11.7. The van der Waals surface area contributed by atoms with E-state index in [-0.39, 0.29) is 29.9 Å². The molecule has 0 bridgehead atoms. The summed E-state index contributed by atoms with van der Waals surface area (Å²) in [6, 6.07) is 0.104. The third-order valence-corrected chi connectivity index (χ3v) is 3.82. The second kappa shape index (κ2) is 7.64. The third-order valence-electron chi connectivity index (χ3n) is 3.82. The predicted molar refractivity (Wildman–Crippen MR) is 79.7 cm³/mol. The van der Waals surface area contributed by atoms with E-state index in [9.17, 15) is 9.59 Å². The van der Waals surface area contributed by atoms with Crippen molar-refractivity contribution in [3.05, 3.63) is 0 Å². The van der Waals surface area contributed by atoms with Crippen LogP contribution >= 0.6 is 0 Å². The lowest BCUT2D eigenvalue weighted by Gasteiger charge is -2.32. The smallest absolute Gasteiger partial charge is 0.407 e. The minimum Gasteiger partial charge on any atom is -0.469 e. The molecule has 6 heteroatoms. The first-order valence-electron chi connectivity index (χ1n) is 7.54. The zero-order valence-electron chi connectivity index (χ0n) is 13.5. The Morgan fingerprint density at radius 3 is 2.24 bits per heavy atom. The van der Waals surface area contributed by atoms with E-state index in [2.05, 4.69) is 5.32 Å². The fourth-order valence-corrected chi connectivity index (χ4v) is 2.77. The van der Waals surface area contributed by atoms with Crippen molar-refractivity contribution >= 4 is 12.1 Å². The number of ether oxygens (including phenoxy) is 2. The first-order valence-corrected chi connectivity index (χ1v) is 7.54. The van der Waals surface area contributed by atoms with Crippen molar-refractivity contribution in [2.24, 2.45) is 17.6 Å². The van der Waals surface area contributed by atoms with Crippen LogP contribution in [0.3, 0.4) is 0 Å². The van der Waals surface area contributed by atoms with Crippen molar-refractivity contribution in [2.45, 2.75) is 58.1 Å². The summed E-state index contributed by atoms with van der Waals surface area (Å²) in [5.41, 5.74) is 5.19. The van der Waals surface area contributed by atoms with Gasteiger partial charge in [-0.05, 0) is 52.4 Å². The fourth-order valence-electron chi connectivity index (χ4n) is 2.77. The van der Waals surface area contributed by atoms with Crippen molar-refractivity contribution in [1.29, 1.82) is 0 Å². The molecular weight excluding hydrogens is 272 g/mol. The third kappa shape index (κ3) is 5.91. The summed E-state index contributed by atoms with van der Waals surface area (Å²) in [5, 5.41) is 2.89. The molecule has 3 N–H and O–H groups in total. The van der Waals surface area contributed by atoms with E-state index in [0.29, 0.717) is 6.54 Å². The van der Waals surface area contributed by atoms with E-state index in [0.717, 1.165) is 25.7 Å². The van der Waals surface area contributed by atoms with Gasteiger partial charge in [0.05, 0.1) is 13.0 Å². The number of nitrogens with two attached hydrogens (primary N) is 1. The first kappa shape index (κ1) is 17.8. The molecule has 1 amide bonds. The molecule has 1 saturated carbocycles. The van der Waals surface area contributed by atoms with Crippen LogP contribution < -0.4 is 11.1 Å². The van der Waals surface area contributed by atoms with E-state index in [4.69, 9.17) is 15.2 Å². The van der Waals surface area contributed by atoms with Crippen LogP contribution in [0.4, 0.5) is 4.79 Å². The summed E-state index contributed by atoms with van der Waals surface area (Å²) < 4.78 is 10.0. The fraction of sp³-hybridized carbons (Fsp3) is 0.867. The lowest BCUT2D eigenvalue weighted by atomic mass is 9.78. The quantitative estimate of drug-likeness (QED) is 0.773. The van der Waals surface area contributed by atoms with Gasteiger partial charge >= 0.3 is 12.1 Å². The molecule has 0 saturated heterocycles. The van der Waals surface area contributed by atoms with Gasteiger partial charge in [0.2, 0.25) is 0 Å². The summed E-state index contributed by atoms with van der Waals surface area (Å²) in [6.45, 7) is 5.82. The van der Waals surface area contributed by atoms with Crippen LogP contribution in [-0.2, 0) is 14.3 Å². The molecule has 1 unspecified atom stereocenters. The molecule has 122 valence electrons. The lowest BCUT2D eigenvalue weighted by Crippen LogP contribution is -2.43. The number of hydrogen-bond donors (Lipinski definition) is 2. The van der Waals surface area contributed by atoms with Gasteiger partial charge in [-0.25, -0.2) is 4.79 Å². The maximum Gasteiger partial charge on any atom is 0.407 e. The first-order chi connectivity index (χ1) is 9.76. The van der Waals surface area contributed by atoms with Crippen LogP contribution in [-0.4, -0.2) is 37.4 Å². The standard InChI is InChI=1S/C15H28N2O4/c1-15(2,3)21-14(19)17-11-7-5-10(6-8-11)12(9-16)13(18)20-4/h10-12H,5-9,16H2,1-4H3,(H,17,19). The van der Waals surface area contributed by atoms with Crippen molar-refractivity contribution in [2.75, 3.05) is 13.7 Å². The Morgan fingerprint density at radius 2 is 1.81 bits per heavy atom. The van der Waals surface area contributed by atoms with E-state index in [1.54, 1.807) is 0 Å². The normalized spacial score (nSPS) is 24.0.